The van der Waals surface area contributed by atoms with Gasteiger partial charge in [0, 0.05) is 22.0 Å². The Hall–Kier alpha value is -2.34. The van der Waals surface area contributed by atoms with Crippen molar-refractivity contribution in [1.82, 2.24) is 5.32 Å². The number of nitrogens with one attached hydrogen (secondary N) is 2. The Kier molecular flexibility index (Phi) is 8.31. The fraction of sp³-hybridized carbons (Fsp3) is 0.240. The second-order valence-corrected chi connectivity index (χ2v) is 8.43. The van der Waals surface area contributed by atoms with E-state index in [1.807, 2.05) is 36.4 Å². The van der Waals surface area contributed by atoms with Gasteiger partial charge in [-0.05, 0) is 59.4 Å². The zero-order chi connectivity index (χ0) is 21.3. The first-order valence-electron chi connectivity index (χ1n) is 10.3. The molecule has 5 heteroatoms. The largest absolute Gasteiger partial charge is 0.392 e. The summed E-state index contributed by atoms with van der Waals surface area (Å²) in [6.45, 7) is 4.99. The molecule has 0 amide bonds. The van der Waals surface area contributed by atoms with Gasteiger partial charge in [0.1, 0.15) is 0 Å². The monoisotopic (exact) mass is 436 g/mol. The average Bonchev–Trinajstić information content (AvgIpc) is 2.79. The smallest absolute Gasteiger partial charge is 0.171 e. The lowest BCUT2D eigenvalue weighted by molar-refractivity contribution is 0.279. The van der Waals surface area contributed by atoms with Gasteiger partial charge in [-0.1, -0.05) is 80.2 Å². The normalized spacial score (nSPS) is 10.6. The molecule has 0 heterocycles. The third kappa shape index (κ3) is 5.63. The van der Waals surface area contributed by atoms with Crippen molar-refractivity contribution >= 4 is 34.8 Å². The van der Waals surface area contributed by atoms with E-state index in [9.17, 15) is 5.11 Å². The Labute approximate surface area is 188 Å². The highest BCUT2D eigenvalue weighted by Gasteiger charge is 2.10. The van der Waals surface area contributed by atoms with Gasteiger partial charge in [0.05, 0.1) is 6.61 Å². The number of thiocarbonyl (C=S) groups is 1. The summed E-state index contributed by atoms with van der Waals surface area (Å²) < 4.78 is 0. The standard InChI is InChI=1S/C25H28N2OS2/c1-3-18-12-9-13-19(4-2)24(18)27-25(29)26-16-20-10-5-7-14-22(20)30-23-15-8-6-11-21(23)17-28/h5-15,28H,3-4,16-17H2,1-2H3,(H2,26,27,29). The Balaban J connectivity index is 1.71. The van der Waals surface area contributed by atoms with Gasteiger partial charge in [-0.25, -0.2) is 0 Å². The quantitative estimate of drug-likeness (QED) is 0.381. The third-order valence-electron chi connectivity index (χ3n) is 5.01. The maximum atomic E-state index is 9.62. The van der Waals surface area contributed by atoms with E-state index in [1.54, 1.807) is 11.8 Å². The molecule has 3 aromatic rings. The van der Waals surface area contributed by atoms with Crippen LogP contribution in [0, 0.1) is 0 Å². The van der Waals surface area contributed by atoms with Crippen LogP contribution in [0.15, 0.2) is 76.5 Å². The summed E-state index contributed by atoms with van der Waals surface area (Å²) in [5.41, 5.74) is 5.77. The third-order valence-corrected chi connectivity index (χ3v) is 6.50. The van der Waals surface area contributed by atoms with E-state index < -0.39 is 0 Å². The Morgan fingerprint density at radius 3 is 1.93 bits per heavy atom. The van der Waals surface area contributed by atoms with E-state index in [0.717, 1.165) is 33.9 Å². The number of rotatable bonds is 8. The molecule has 3 aromatic carbocycles. The first-order valence-corrected chi connectivity index (χ1v) is 11.5. The molecule has 3 N–H and O–H groups in total. The van der Waals surface area contributed by atoms with Gasteiger partial charge in [0.15, 0.2) is 5.11 Å². The number of aliphatic hydroxyl groups is 1. The van der Waals surface area contributed by atoms with Crippen LogP contribution in [-0.4, -0.2) is 10.2 Å². The first-order chi connectivity index (χ1) is 14.7. The second kappa shape index (κ2) is 11.2. The molecule has 0 saturated heterocycles. The number of hydrogen-bond donors (Lipinski definition) is 3. The molecule has 0 spiro atoms. The molecule has 0 bridgehead atoms. The summed E-state index contributed by atoms with van der Waals surface area (Å²) in [7, 11) is 0. The minimum absolute atomic E-state index is 0.0359. The number of aryl methyl sites for hydroxylation is 2. The van der Waals surface area contributed by atoms with Crippen LogP contribution < -0.4 is 10.6 Å². The van der Waals surface area contributed by atoms with Crippen LogP contribution in [0.25, 0.3) is 0 Å². The van der Waals surface area contributed by atoms with Crippen molar-refractivity contribution in [2.45, 2.75) is 49.6 Å². The van der Waals surface area contributed by atoms with Crippen molar-refractivity contribution in [2.75, 3.05) is 5.32 Å². The molecule has 3 rings (SSSR count). The van der Waals surface area contributed by atoms with Gasteiger partial charge >= 0.3 is 0 Å². The Bertz CT molecular complexity index is 982. The summed E-state index contributed by atoms with van der Waals surface area (Å²) in [6.07, 6.45) is 1.92. The molecule has 0 radical (unpaired) electrons. The van der Waals surface area contributed by atoms with E-state index in [4.69, 9.17) is 12.2 Å². The zero-order valence-corrected chi connectivity index (χ0v) is 19.1. The maximum Gasteiger partial charge on any atom is 0.171 e. The van der Waals surface area contributed by atoms with E-state index >= 15 is 0 Å². The molecular formula is C25H28N2OS2. The molecule has 0 saturated carbocycles. The van der Waals surface area contributed by atoms with E-state index in [1.165, 1.54) is 16.7 Å². The fourth-order valence-electron chi connectivity index (χ4n) is 3.34. The summed E-state index contributed by atoms with van der Waals surface area (Å²) in [6, 6.07) is 22.6. The van der Waals surface area contributed by atoms with Gasteiger partial charge < -0.3 is 15.7 Å². The number of para-hydroxylation sites is 1. The first kappa shape index (κ1) is 22.3. The van der Waals surface area contributed by atoms with E-state index in [2.05, 4.69) is 54.8 Å². The molecule has 0 atom stereocenters. The van der Waals surface area contributed by atoms with Crippen molar-refractivity contribution in [3.05, 3.63) is 89.0 Å². The van der Waals surface area contributed by atoms with Crippen LogP contribution in [0.4, 0.5) is 5.69 Å². The lowest BCUT2D eigenvalue weighted by Gasteiger charge is -2.18. The van der Waals surface area contributed by atoms with Crippen LogP contribution in [-0.2, 0) is 26.0 Å². The molecule has 30 heavy (non-hydrogen) atoms. The number of benzene rings is 3. The zero-order valence-electron chi connectivity index (χ0n) is 17.4. The second-order valence-electron chi connectivity index (χ2n) is 6.94. The molecule has 0 aromatic heterocycles. The van der Waals surface area contributed by atoms with Crippen molar-refractivity contribution in [3.63, 3.8) is 0 Å². The highest BCUT2D eigenvalue weighted by molar-refractivity contribution is 7.99. The fourth-order valence-corrected chi connectivity index (χ4v) is 4.58. The van der Waals surface area contributed by atoms with Crippen molar-refractivity contribution in [3.8, 4) is 0 Å². The molecule has 0 aliphatic heterocycles. The molecular weight excluding hydrogens is 408 g/mol. The van der Waals surface area contributed by atoms with Gasteiger partial charge in [0.2, 0.25) is 0 Å². The Morgan fingerprint density at radius 2 is 1.33 bits per heavy atom. The van der Waals surface area contributed by atoms with Crippen molar-refractivity contribution in [2.24, 2.45) is 0 Å². The van der Waals surface area contributed by atoms with E-state index in [-0.39, 0.29) is 6.61 Å². The summed E-state index contributed by atoms with van der Waals surface area (Å²) >= 11 is 7.27. The molecule has 0 fully saturated rings. The Morgan fingerprint density at radius 1 is 0.800 bits per heavy atom. The van der Waals surface area contributed by atoms with Crippen LogP contribution in [0.5, 0.6) is 0 Å². The predicted octanol–water partition coefficient (Wildman–Crippen LogP) is 5.94. The predicted molar refractivity (Wildman–Crippen MR) is 131 cm³/mol. The summed E-state index contributed by atoms with van der Waals surface area (Å²) in [5, 5.41) is 17.0. The van der Waals surface area contributed by atoms with Crippen LogP contribution in [0.3, 0.4) is 0 Å². The minimum Gasteiger partial charge on any atom is -0.392 e. The van der Waals surface area contributed by atoms with E-state index in [0.29, 0.717) is 11.7 Å². The lowest BCUT2D eigenvalue weighted by atomic mass is 10.0. The van der Waals surface area contributed by atoms with Gasteiger partial charge in [-0.2, -0.15) is 0 Å². The summed E-state index contributed by atoms with van der Waals surface area (Å²) in [5.74, 6) is 0. The van der Waals surface area contributed by atoms with Crippen molar-refractivity contribution in [1.29, 1.82) is 0 Å². The number of anilines is 1. The minimum atomic E-state index is 0.0359. The van der Waals surface area contributed by atoms with Gasteiger partial charge in [0.25, 0.3) is 0 Å². The topological polar surface area (TPSA) is 44.3 Å². The highest BCUT2D eigenvalue weighted by Crippen LogP contribution is 2.33. The maximum absolute atomic E-state index is 9.62. The molecule has 0 aliphatic carbocycles. The summed E-state index contributed by atoms with van der Waals surface area (Å²) in [4.78, 5) is 2.22. The lowest BCUT2D eigenvalue weighted by Crippen LogP contribution is -2.29. The van der Waals surface area contributed by atoms with Crippen LogP contribution in [0.2, 0.25) is 0 Å². The highest BCUT2D eigenvalue weighted by atomic mass is 32.2. The van der Waals surface area contributed by atoms with Gasteiger partial charge in [-0.3, -0.25) is 0 Å². The SMILES string of the molecule is CCc1cccc(CC)c1NC(=S)NCc1ccccc1Sc1ccccc1CO. The number of hydrogen-bond acceptors (Lipinski definition) is 3. The molecule has 0 unspecified atom stereocenters. The van der Waals surface area contributed by atoms with Crippen LogP contribution in [0.1, 0.15) is 36.1 Å². The van der Waals surface area contributed by atoms with Crippen LogP contribution >= 0.6 is 24.0 Å². The van der Waals surface area contributed by atoms with Crippen molar-refractivity contribution < 1.29 is 5.11 Å². The average molecular weight is 437 g/mol. The molecule has 3 nitrogen and oxygen atoms in total. The van der Waals surface area contributed by atoms with Gasteiger partial charge in [-0.15, -0.1) is 0 Å². The molecule has 156 valence electrons. The number of aliphatic hydroxyl groups excluding tert-OH is 1. The molecule has 0 aliphatic rings.